The molecule has 1 fully saturated rings. The number of nitrogens with one attached hydrogen (secondary N) is 1. The van der Waals surface area contributed by atoms with Crippen LogP contribution in [0.2, 0.25) is 0 Å². The Kier molecular flexibility index (Phi) is 9.05. The maximum atomic E-state index is 13.6. The molecule has 0 bridgehead atoms. The van der Waals surface area contributed by atoms with E-state index in [-0.39, 0.29) is 50.0 Å². The molecule has 3 aromatic rings. The number of nitrogens with zero attached hydrogens (tertiary/aromatic N) is 4. The highest BCUT2D eigenvalue weighted by Crippen LogP contribution is 2.26. The van der Waals surface area contributed by atoms with Crippen molar-refractivity contribution in [2.75, 3.05) is 26.2 Å². The number of hydrogen-bond donors (Lipinski definition) is 4. The molecule has 12 nitrogen and oxygen atoms in total. The van der Waals surface area contributed by atoms with Crippen LogP contribution in [0.25, 0.3) is 5.69 Å². The molecule has 0 saturated carbocycles. The largest absolute Gasteiger partial charge is 0.504 e. The number of rotatable bonds is 7. The second kappa shape index (κ2) is 12.5. The summed E-state index contributed by atoms with van der Waals surface area (Å²) in [6.07, 6.45) is -0.431. The fraction of sp³-hybridized carbons (Fsp3) is 0.400. The van der Waals surface area contributed by atoms with Crippen molar-refractivity contribution in [3.8, 4) is 23.1 Å². The molecule has 1 aliphatic heterocycles. The zero-order valence-electron chi connectivity index (χ0n) is 24.3. The number of para-hydroxylation sites is 1. The van der Waals surface area contributed by atoms with E-state index in [0.717, 1.165) is 5.69 Å². The van der Waals surface area contributed by atoms with Crippen LogP contribution >= 0.6 is 0 Å². The average Bonchev–Trinajstić information content (AvgIpc) is 3.32. The van der Waals surface area contributed by atoms with Gasteiger partial charge in [-0.05, 0) is 48.6 Å². The third kappa shape index (κ3) is 7.19. The average molecular weight is 579 g/mol. The van der Waals surface area contributed by atoms with Crippen molar-refractivity contribution in [3.05, 3.63) is 65.9 Å². The van der Waals surface area contributed by atoms with E-state index in [9.17, 15) is 24.6 Å². The van der Waals surface area contributed by atoms with Crippen LogP contribution in [0.4, 0.5) is 4.79 Å². The van der Waals surface area contributed by atoms with Gasteiger partial charge in [-0.2, -0.15) is 5.10 Å². The van der Waals surface area contributed by atoms with Crippen LogP contribution in [-0.4, -0.2) is 86.0 Å². The van der Waals surface area contributed by atoms with Crippen LogP contribution in [0.1, 0.15) is 32.0 Å². The van der Waals surface area contributed by atoms with Gasteiger partial charge in [-0.25, -0.2) is 9.48 Å². The van der Waals surface area contributed by atoms with Gasteiger partial charge in [-0.15, -0.1) is 0 Å². The van der Waals surface area contributed by atoms with Crippen molar-refractivity contribution in [1.29, 1.82) is 0 Å². The number of aromatic hydroxyl groups is 2. The highest BCUT2D eigenvalue weighted by molar-refractivity contribution is 5.90. The van der Waals surface area contributed by atoms with Crippen molar-refractivity contribution in [1.82, 2.24) is 24.9 Å². The highest BCUT2D eigenvalue weighted by Gasteiger charge is 2.38. The maximum absolute atomic E-state index is 13.6. The van der Waals surface area contributed by atoms with E-state index in [1.54, 1.807) is 21.7 Å². The number of ether oxygens (including phenoxy) is 1. The number of hydrogen-bond acceptors (Lipinski definition) is 8. The monoisotopic (exact) mass is 578 g/mol. The molecule has 42 heavy (non-hydrogen) atoms. The molecule has 5 N–H and O–H groups in total. The molecule has 1 saturated heterocycles. The van der Waals surface area contributed by atoms with Crippen molar-refractivity contribution in [3.63, 3.8) is 0 Å². The summed E-state index contributed by atoms with van der Waals surface area (Å²) in [5, 5.41) is 26.5. The molecule has 0 unspecified atom stereocenters. The SMILES string of the molecule is Cc1cc(OC(=O)N2CCN(C(=O)[C@@H](NC(=O)[C@@H](N)Cc3ccc(O)c(O)c3)C(C)(C)C)CC2)n(-c2ccccc2)n1. The maximum Gasteiger partial charge on any atom is 0.416 e. The summed E-state index contributed by atoms with van der Waals surface area (Å²) in [4.78, 5) is 42.7. The number of aryl methyl sites for hydroxylation is 1. The number of carbonyl (C=O) groups excluding carboxylic acids is 3. The Labute approximate surface area is 244 Å². The van der Waals surface area contributed by atoms with Crippen LogP contribution in [-0.2, 0) is 16.0 Å². The lowest BCUT2D eigenvalue weighted by atomic mass is 9.85. The second-order valence-electron chi connectivity index (χ2n) is 11.5. The number of benzene rings is 2. The standard InChI is InChI=1S/C30H38N6O6/c1-19-16-25(36(33-19)21-8-6-5-7-9-21)42-29(41)35-14-12-34(13-15-35)28(40)26(30(2,3)4)32-27(39)22(31)17-20-10-11-23(37)24(38)18-20/h5-11,16,18,22,26,37-38H,12-15,17,31H2,1-4H3,(H,32,39)/t22-,26+/m0/s1. The van der Waals surface area contributed by atoms with Gasteiger partial charge in [0.25, 0.3) is 0 Å². The van der Waals surface area contributed by atoms with Gasteiger partial charge in [0.15, 0.2) is 11.5 Å². The number of piperazine rings is 1. The van der Waals surface area contributed by atoms with Gasteiger partial charge < -0.3 is 35.8 Å². The normalized spacial score (nSPS) is 15.2. The topological polar surface area (TPSA) is 163 Å². The third-order valence-corrected chi connectivity index (χ3v) is 7.07. The summed E-state index contributed by atoms with van der Waals surface area (Å²) in [5.74, 6) is -1.05. The van der Waals surface area contributed by atoms with E-state index in [0.29, 0.717) is 17.1 Å². The van der Waals surface area contributed by atoms with Gasteiger partial charge >= 0.3 is 6.09 Å². The lowest BCUT2D eigenvalue weighted by Gasteiger charge is -2.39. The zero-order chi connectivity index (χ0) is 30.6. The Hall–Kier alpha value is -4.58. The molecule has 224 valence electrons. The number of aromatic nitrogens is 2. The first-order valence-electron chi connectivity index (χ1n) is 13.8. The molecule has 3 amide bonds. The Morgan fingerprint density at radius 3 is 2.24 bits per heavy atom. The second-order valence-corrected chi connectivity index (χ2v) is 11.5. The molecule has 2 heterocycles. The van der Waals surface area contributed by atoms with Crippen LogP contribution < -0.4 is 15.8 Å². The number of carbonyl (C=O) groups is 3. The van der Waals surface area contributed by atoms with Gasteiger partial charge in [0.05, 0.1) is 17.4 Å². The van der Waals surface area contributed by atoms with Gasteiger partial charge in [0.2, 0.25) is 17.7 Å². The van der Waals surface area contributed by atoms with Crippen molar-refractivity contribution < 1.29 is 29.3 Å². The Bertz CT molecular complexity index is 1430. The lowest BCUT2D eigenvalue weighted by molar-refractivity contribution is -0.141. The van der Waals surface area contributed by atoms with Gasteiger partial charge in [-0.1, -0.05) is 45.0 Å². The Balaban J connectivity index is 1.35. The van der Waals surface area contributed by atoms with E-state index in [1.807, 2.05) is 58.0 Å². The van der Waals surface area contributed by atoms with Crippen molar-refractivity contribution in [2.24, 2.45) is 11.1 Å². The first-order valence-corrected chi connectivity index (χ1v) is 13.8. The van der Waals surface area contributed by atoms with E-state index in [2.05, 4.69) is 10.4 Å². The summed E-state index contributed by atoms with van der Waals surface area (Å²) in [6, 6.07) is 13.4. The van der Waals surface area contributed by atoms with E-state index < -0.39 is 29.5 Å². The highest BCUT2D eigenvalue weighted by atomic mass is 16.6. The molecule has 4 rings (SSSR count). The van der Waals surface area contributed by atoms with Crippen LogP contribution in [0, 0.1) is 12.3 Å². The molecule has 2 aromatic carbocycles. The predicted molar refractivity (Wildman–Crippen MR) is 155 cm³/mol. The summed E-state index contributed by atoms with van der Waals surface area (Å²) in [6.45, 7) is 8.44. The van der Waals surface area contributed by atoms with Crippen molar-refractivity contribution >= 4 is 17.9 Å². The number of amides is 3. The van der Waals surface area contributed by atoms with Crippen molar-refractivity contribution in [2.45, 2.75) is 46.2 Å². The Morgan fingerprint density at radius 2 is 1.62 bits per heavy atom. The smallest absolute Gasteiger partial charge is 0.416 e. The van der Waals surface area contributed by atoms with Crippen LogP contribution in [0.3, 0.4) is 0 Å². The van der Waals surface area contributed by atoms with E-state index >= 15 is 0 Å². The number of phenols is 2. The minimum atomic E-state index is -0.980. The first-order chi connectivity index (χ1) is 19.8. The quantitative estimate of drug-likeness (QED) is 0.311. The minimum Gasteiger partial charge on any atom is -0.504 e. The van der Waals surface area contributed by atoms with E-state index in [4.69, 9.17) is 10.5 Å². The van der Waals surface area contributed by atoms with Gasteiger partial charge in [0, 0.05) is 32.2 Å². The fourth-order valence-corrected chi connectivity index (χ4v) is 4.69. The van der Waals surface area contributed by atoms with E-state index in [1.165, 1.54) is 17.0 Å². The third-order valence-electron chi connectivity index (χ3n) is 7.07. The van der Waals surface area contributed by atoms with Crippen LogP contribution in [0.5, 0.6) is 17.4 Å². The Morgan fingerprint density at radius 1 is 0.976 bits per heavy atom. The minimum absolute atomic E-state index is 0.105. The molecular weight excluding hydrogens is 540 g/mol. The number of phenolic OH excluding ortho intramolecular Hbond substituents is 2. The molecule has 12 heteroatoms. The first kappa shape index (κ1) is 30.4. The molecule has 1 aromatic heterocycles. The molecule has 0 spiro atoms. The molecular formula is C30H38N6O6. The lowest BCUT2D eigenvalue weighted by Crippen LogP contribution is -2.61. The molecule has 2 atom stereocenters. The van der Waals surface area contributed by atoms with Crippen LogP contribution in [0.15, 0.2) is 54.6 Å². The molecule has 1 aliphatic rings. The zero-order valence-corrected chi connectivity index (χ0v) is 24.3. The van der Waals surface area contributed by atoms with Gasteiger partial charge in [-0.3, -0.25) is 9.59 Å². The van der Waals surface area contributed by atoms with Gasteiger partial charge in [0.1, 0.15) is 6.04 Å². The molecule has 0 radical (unpaired) electrons. The molecule has 0 aliphatic carbocycles. The summed E-state index contributed by atoms with van der Waals surface area (Å²) in [5.41, 5.74) is 7.54. The summed E-state index contributed by atoms with van der Waals surface area (Å²) >= 11 is 0. The summed E-state index contributed by atoms with van der Waals surface area (Å²) < 4.78 is 7.25. The number of nitrogens with two attached hydrogens (primary N) is 1. The summed E-state index contributed by atoms with van der Waals surface area (Å²) in [7, 11) is 0. The fourth-order valence-electron chi connectivity index (χ4n) is 4.69. The predicted octanol–water partition coefficient (Wildman–Crippen LogP) is 2.34.